The quantitative estimate of drug-likeness (QED) is 0.850. The van der Waals surface area contributed by atoms with Gasteiger partial charge in [-0.15, -0.1) is 0 Å². The van der Waals surface area contributed by atoms with Gasteiger partial charge >= 0.3 is 0 Å². The number of hydrogen-bond donors (Lipinski definition) is 1. The van der Waals surface area contributed by atoms with E-state index in [9.17, 15) is 0 Å². The van der Waals surface area contributed by atoms with Gasteiger partial charge in [-0.1, -0.05) is 50.3 Å². The Bertz CT molecular complexity index is 571. The molecule has 3 rings (SSSR count). The first-order chi connectivity index (χ1) is 9.83. The van der Waals surface area contributed by atoms with Crippen LogP contribution in [0.5, 0.6) is 0 Å². The van der Waals surface area contributed by atoms with Crippen LogP contribution >= 0.6 is 0 Å². The van der Waals surface area contributed by atoms with Gasteiger partial charge in [-0.2, -0.15) is 0 Å². The van der Waals surface area contributed by atoms with Gasteiger partial charge in [-0.3, -0.25) is 4.98 Å². The molecule has 2 heteroatoms. The van der Waals surface area contributed by atoms with Gasteiger partial charge in [0.25, 0.3) is 0 Å². The Morgan fingerprint density at radius 1 is 1.10 bits per heavy atom. The fourth-order valence-corrected chi connectivity index (χ4v) is 3.27. The molecule has 0 amide bonds. The monoisotopic (exact) mass is 268 g/mol. The Kier molecular flexibility index (Phi) is 4.19. The first kappa shape index (κ1) is 13.4. The zero-order valence-electron chi connectivity index (χ0n) is 12.4. The summed E-state index contributed by atoms with van der Waals surface area (Å²) in [5.74, 6) is 0.931. The summed E-state index contributed by atoms with van der Waals surface area (Å²) in [5.41, 5.74) is 3.37. The Morgan fingerprint density at radius 2 is 1.95 bits per heavy atom. The lowest BCUT2D eigenvalue weighted by Crippen LogP contribution is -2.12. The van der Waals surface area contributed by atoms with Gasteiger partial charge in [-0.05, 0) is 31.4 Å². The van der Waals surface area contributed by atoms with E-state index >= 15 is 0 Å². The van der Waals surface area contributed by atoms with Gasteiger partial charge in [0.15, 0.2) is 0 Å². The lowest BCUT2D eigenvalue weighted by molar-refractivity contribution is 0.345. The lowest BCUT2D eigenvalue weighted by Gasteiger charge is -2.21. The molecule has 0 radical (unpaired) electrons. The number of benzene rings is 1. The summed E-state index contributed by atoms with van der Waals surface area (Å²) < 4.78 is 0. The molecule has 0 atom stereocenters. The minimum Gasteiger partial charge on any atom is -0.383 e. The molecule has 1 aromatic carbocycles. The number of hydrogen-bond acceptors (Lipinski definition) is 2. The zero-order chi connectivity index (χ0) is 13.8. The van der Waals surface area contributed by atoms with Crippen LogP contribution < -0.4 is 5.32 Å². The van der Waals surface area contributed by atoms with Crippen molar-refractivity contribution < 1.29 is 0 Å². The highest BCUT2D eigenvalue weighted by Crippen LogP contribution is 2.27. The fraction of sp³-hybridized carbons (Fsp3) is 0.500. The van der Waals surface area contributed by atoms with Crippen LogP contribution in [-0.4, -0.2) is 11.5 Å². The van der Waals surface area contributed by atoms with E-state index in [1.54, 1.807) is 0 Å². The number of para-hydroxylation sites is 1. The molecule has 106 valence electrons. The molecule has 20 heavy (non-hydrogen) atoms. The minimum absolute atomic E-state index is 0.931. The molecule has 2 nitrogen and oxygen atoms in total. The number of rotatable bonds is 4. The summed E-state index contributed by atoms with van der Waals surface area (Å²) in [7, 11) is 0. The van der Waals surface area contributed by atoms with Gasteiger partial charge < -0.3 is 5.32 Å². The van der Waals surface area contributed by atoms with Gasteiger partial charge in [-0.25, -0.2) is 0 Å². The van der Waals surface area contributed by atoms with Crippen molar-refractivity contribution in [1.82, 2.24) is 4.98 Å². The summed E-state index contributed by atoms with van der Waals surface area (Å²) in [6.45, 7) is 3.12. The predicted octanol–water partition coefficient (Wildman–Crippen LogP) is 4.93. The normalized spacial score (nSPS) is 16.4. The SMILES string of the molecule is Cc1ccc2cccc(NCCC3CCCCC3)c2n1. The Balaban J connectivity index is 1.66. The number of aryl methyl sites for hydroxylation is 1. The number of nitrogens with one attached hydrogen (secondary N) is 1. The van der Waals surface area contributed by atoms with Gasteiger partial charge in [0, 0.05) is 17.6 Å². The molecule has 1 saturated carbocycles. The van der Waals surface area contributed by atoms with Crippen LogP contribution in [0.3, 0.4) is 0 Å². The van der Waals surface area contributed by atoms with Gasteiger partial charge in [0.05, 0.1) is 11.2 Å². The number of anilines is 1. The molecule has 1 aromatic heterocycles. The number of nitrogens with zero attached hydrogens (tertiary/aromatic N) is 1. The maximum atomic E-state index is 4.68. The van der Waals surface area contributed by atoms with Crippen molar-refractivity contribution in [3.05, 3.63) is 36.0 Å². The Morgan fingerprint density at radius 3 is 2.80 bits per heavy atom. The van der Waals surface area contributed by atoms with E-state index in [2.05, 4.69) is 47.6 Å². The molecule has 0 bridgehead atoms. The van der Waals surface area contributed by atoms with Crippen molar-refractivity contribution in [2.75, 3.05) is 11.9 Å². The molecule has 1 fully saturated rings. The Labute approximate surface area is 121 Å². The van der Waals surface area contributed by atoms with Crippen molar-refractivity contribution in [1.29, 1.82) is 0 Å². The van der Waals surface area contributed by atoms with E-state index in [4.69, 9.17) is 0 Å². The van der Waals surface area contributed by atoms with E-state index in [0.717, 1.165) is 23.7 Å². The zero-order valence-corrected chi connectivity index (χ0v) is 12.4. The topological polar surface area (TPSA) is 24.9 Å². The second-order valence-corrected chi connectivity index (χ2v) is 6.05. The molecular formula is C18H24N2. The van der Waals surface area contributed by atoms with Gasteiger partial charge in [0.1, 0.15) is 0 Å². The molecule has 0 unspecified atom stereocenters. The van der Waals surface area contributed by atoms with E-state index in [-0.39, 0.29) is 0 Å². The molecule has 2 aromatic rings. The summed E-state index contributed by atoms with van der Waals surface area (Å²) in [6, 6.07) is 10.6. The second kappa shape index (κ2) is 6.25. The van der Waals surface area contributed by atoms with E-state index in [0.29, 0.717) is 0 Å². The molecule has 1 N–H and O–H groups in total. The highest BCUT2D eigenvalue weighted by Gasteiger charge is 2.12. The third-order valence-electron chi connectivity index (χ3n) is 4.45. The first-order valence-corrected chi connectivity index (χ1v) is 7.93. The molecule has 0 aliphatic heterocycles. The third kappa shape index (κ3) is 3.12. The summed E-state index contributed by atoms with van der Waals surface area (Å²) in [5, 5.41) is 4.82. The number of pyridine rings is 1. The van der Waals surface area contributed by atoms with Gasteiger partial charge in [0.2, 0.25) is 0 Å². The maximum Gasteiger partial charge on any atom is 0.0936 e. The van der Waals surface area contributed by atoms with Crippen LogP contribution in [0.25, 0.3) is 10.9 Å². The first-order valence-electron chi connectivity index (χ1n) is 7.93. The Hall–Kier alpha value is -1.57. The van der Waals surface area contributed by atoms with E-state index in [1.165, 1.54) is 49.6 Å². The molecular weight excluding hydrogens is 244 g/mol. The lowest BCUT2D eigenvalue weighted by atomic mass is 9.87. The summed E-state index contributed by atoms with van der Waals surface area (Å²) in [6.07, 6.45) is 8.45. The van der Waals surface area contributed by atoms with Crippen LogP contribution in [-0.2, 0) is 0 Å². The largest absolute Gasteiger partial charge is 0.383 e. The number of fused-ring (bicyclic) bond motifs is 1. The van der Waals surface area contributed by atoms with Crippen molar-refractivity contribution >= 4 is 16.6 Å². The van der Waals surface area contributed by atoms with Crippen molar-refractivity contribution in [3.63, 3.8) is 0 Å². The molecule has 0 saturated heterocycles. The van der Waals surface area contributed by atoms with Crippen molar-refractivity contribution in [2.45, 2.75) is 45.4 Å². The molecule has 1 aliphatic carbocycles. The van der Waals surface area contributed by atoms with E-state index < -0.39 is 0 Å². The summed E-state index contributed by atoms with van der Waals surface area (Å²) >= 11 is 0. The summed E-state index contributed by atoms with van der Waals surface area (Å²) in [4.78, 5) is 4.68. The molecule has 1 heterocycles. The smallest absolute Gasteiger partial charge is 0.0936 e. The van der Waals surface area contributed by atoms with Crippen LogP contribution in [0.4, 0.5) is 5.69 Å². The highest BCUT2D eigenvalue weighted by molar-refractivity contribution is 5.90. The van der Waals surface area contributed by atoms with Crippen LogP contribution in [0.15, 0.2) is 30.3 Å². The second-order valence-electron chi connectivity index (χ2n) is 6.05. The van der Waals surface area contributed by atoms with Crippen LogP contribution in [0.2, 0.25) is 0 Å². The standard InChI is InChI=1S/C18H24N2/c1-14-10-11-16-8-5-9-17(18(16)20-14)19-13-12-15-6-3-2-4-7-15/h5,8-11,15,19H,2-4,6-7,12-13H2,1H3. The van der Waals surface area contributed by atoms with Crippen LogP contribution in [0.1, 0.15) is 44.2 Å². The maximum absolute atomic E-state index is 4.68. The van der Waals surface area contributed by atoms with Crippen LogP contribution in [0, 0.1) is 12.8 Å². The molecule has 0 spiro atoms. The average Bonchev–Trinajstić information content (AvgIpc) is 2.49. The molecule has 1 aliphatic rings. The van der Waals surface area contributed by atoms with Crippen molar-refractivity contribution in [3.8, 4) is 0 Å². The van der Waals surface area contributed by atoms with E-state index in [1.807, 2.05) is 0 Å². The predicted molar refractivity (Wildman–Crippen MR) is 86.2 cm³/mol. The minimum atomic E-state index is 0.931. The highest BCUT2D eigenvalue weighted by atomic mass is 14.9. The third-order valence-corrected chi connectivity index (χ3v) is 4.45. The fourth-order valence-electron chi connectivity index (χ4n) is 3.27. The van der Waals surface area contributed by atoms with Crippen molar-refractivity contribution in [2.24, 2.45) is 5.92 Å². The average molecular weight is 268 g/mol. The number of aromatic nitrogens is 1.